The van der Waals surface area contributed by atoms with Gasteiger partial charge in [0.05, 0.1) is 37.7 Å². The number of benzene rings is 1. The van der Waals surface area contributed by atoms with Crippen molar-refractivity contribution < 1.29 is 33.3 Å². The summed E-state index contributed by atoms with van der Waals surface area (Å²) in [5.41, 5.74) is 1.49. The van der Waals surface area contributed by atoms with Crippen LogP contribution < -0.4 is 19.1 Å². The molecule has 0 saturated carbocycles. The summed E-state index contributed by atoms with van der Waals surface area (Å²) in [4.78, 5) is 39.0. The van der Waals surface area contributed by atoms with Crippen LogP contribution in [0.3, 0.4) is 0 Å². The van der Waals surface area contributed by atoms with E-state index in [9.17, 15) is 14.7 Å². The zero-order valence-electron chi connectivity index (χ0n) is 23.6. The number of unbranched alkanes of at least 4 members (excludes halogenated alkanes) is 1. The number of ether oxygens (including phenoxy) is 3. The Balaban J connectivity index is 1.46. The van der Waals surface area contributed by atoms with Gasteiger partial charge in [0.15, 0.2) is 17.4 Å². The molecule has 1 fully saturated rings. The Kier molecular flexibility index (Phi) is 8.72. The fraction of sp³-hybridized carbons (Fsp3) is 0.467. The van der Waals surface area contributed by atoms with Crippen molar-refractivity contribution in [3.63, 3.8) is 0 Å². The van der Waals surface area contributed by atoms with Gasteiger partial charge in [-0.3, -0.25) is 19.5 Å². The number of carboxylic acids is 1. The molecular weight excluding hydrogens is 528 g/mol. The zero-order chi connectivity index (χ0) is 28.9. The molecule has 0 spiro atoms. The number of amides is 1. The van der Waals surface area contributed by atoms with Crippen molar-refractivity contribution in [3.05, 3.63) is 60.1 Å². The summed E-state index contributed by atoms with van der Waals surface area (Å²) < 4.78 is 22.4. The van der Waals surface area contributed by atoms with Crippen molar-refractivity contribution in [1.29, 1.82) is 0 Å². The van der Waals surface area contributed by atoms with Crippen LogP contribution >= 0.6 is 0 Å². The highest BCUT2D eigenvalue weighted by molar-refractivity contribution is 5.94. The molecule has 0 aliphatic carbocycles. The van der Waals surface area contributed by atoms with Crippen LogP contribution in [0.4, 0.5) is 5.69 Å². The van der Waals surface area contributed by atoms with E-state index in [2.05, 4.69) is 16.9 Å². The molecule has 3 unspecified atom stereocenters. The van der Waals surface area contributed by atoms with Crippen molar-refractivity contribution in [3.8, 4) is 17.2 Å². The van der Waals surface area contributed by atoms with Crippen molar-refractivity contribution in [2.45, 2.75) is 51.5 Å². The van der Waals surface area contributed by atoms with Gasteiger partial charge in [-0.05, 0) is 49.6 Å². The summed E-state index contributed by atoms with van der Waals surface area (Å²) in [6, 6.07) is 6.88. The standard InChI is InChI=1S/C30H36N4O7/c1-4-5-11-34(21-7-6-10-31-15-21)27(35)17-33-16-22(20-12-24(38-3)29-25(13-20)39-18-40-29)28(30(36)37)23(33)8-9-26-32-14-19(2)41-26/h6-7,10,12-15,22-23,28H,4-5,8-9,11,16-18H2,1-3H3,(H,36,37). The maximum Gasteiger partial charge on any atom is 0.308 e. The van der Waals surface area contributed by atoms with Gasteiger partial charge >= 0.3 is 5.97 Å². The lowest BCUT2D eigenvalue weighted by Gasteiger charge is -2.29. The highest BCUT2D eigenvalue weighted by Gasteiger charge is 2.47. The number of aromatic nitrogens is 2. The molecule has 1 N–H and O–H groups in total. The van der Waals surface area contributed by atoms with Crippen LogP contribution in [-0.4, -0.2) is 71.4 Å². The van der Waals surface area contributed by atoms with Gasteiger partial charge in [-0.25, -0.2) is 4.98 Å². The minimum atomic E-state index is -0.926. The molecule has 0 radical (unpaired) electrons. The van der Waals surface area contributed by atoms with E-state index in [0.717, 1.165) is 24.1 Å². The summed E-state index contributed by atoms with van der Waals surface area (Å²) in [6.07, 6.45) is 7.69. The molecular formula is C30H36N4O7. The lowest BCUT2D eigenvalue weighted by molar-refractivity contribution is -0.143. The maximum atomic E-state index is 13.8. The third-order valence-electron chi connectivity index (χ3n) is 7.80. The van der Waals surface area contributed by atoms with Crippen LogP contribution in [0.2, 0.25) is 0 Å². The number of hydrogen-bond donors (Lipinski definition) is 1. The molecule has 1 saturated heterocycles. The molecule has 2 aliphatic rings. The second kappa shape index (κ2) is 12.6. The predicted molar refractivity (Wildman–Crippen MR) is 149 cm³/mol. The Morgan fingerprint density at radius 2 is 2.10 bits per heavy atom. The number of nitrogens with zero attached hydrogens (tertiary/aromatic N) is 4. The first-order chi connectivity index (χ1) is 19.9. The van der Waals surface area contributed by atoms with Gasteiger partial charge in [0.1, 0.15) is 5.76 Å². The fourth-order valence-electron chi connectivity index (χ4n) is 5.83. The Hall–Kier alpha value is -4.12. The minimum absolute atomic E-state index is 0.0653. The number of carbonyl (C=O) groups excluding carboxylic acids is 1. The average molecular weight is 565 g/mol. The quantitative estimate of drug-likeness (QED) is 0.344. The van der Waals surface area contributed by atoms with Gasteiger partial charge in [0, 0.05) is 37.7 Å². The Morgan fingerprint density at radius 3 is 2.78 bits per heavy atom. The van der Waals surface area contributed by atoms with Crippen molar-refractivity contribution >= 4 is 17.6 Å². The molecule has 2 aromatic heterocycles. The maximum absolute atomic E-state index is 13.8. The number of oxazole rings is 1. The molecule has 5 rings (SSSR count). The summed E-state index contributed by atoms with van der Waals surface area (Å²) in [6.45, 7) is 4.96. The number of carboxylic acid groups (broad SMARTS) is 1. The first kappa shape index (κ1) is 28.4. The Bertz CT molecular complexity index is 1360. The molecule has 0 bridgehead atoms. The normalized spacial score (nSPS) is 19.8. The molecule has 3 atom stereocenters. The highest BCUT2D eigenvalue weighted by Crippen LogP contribution is 2.47. The SMILES string of the molecule is CCCCN(C(=O)CN1CC(c2cc(OC)c3c(c2)OCO3)C(C(=O)O)C1CCc1ncc(C)o1)c1cccnc1. The zero-order valence-corrected chi connectivity index (χ0v) is 23.6. The summed E-state index contributed by atoms with van der Waals surface area (Å²) in [5.74, 6) is 0.533. The van der Waals surface area contributed by atoms with Crippen LogP contribution in [0, 0.1) is 12.8 Å². The van der Waals surface area contributed by atoms with E-state index in [-0.39, 0.29) is 19.2 Å². The fourth-order valence-corrected chi connectivity index (χ4v) is 5.83. The van der Waals surface area contributed by atoms with Crippen molar-refractivity contribution in [2.24, 2.45) is 5.92 Å². The average Bonchev–Trinajstić information content (AvgIpc) is 3.70. The number of likely N-dealkylation sites (tertiary alicyclic amines) is 1. The van der Waals surface area contributed by atoms with E-state index in [1.165, 1.54) is 0 Å². The molecule has 11 heteroatoms. The lowest BCUT2D eigenvalue weighted by Crippen LogP contribution is -2.44. The summed E-state index contributed by atoms with van der Waals surface area (Å²) in [5, 5.41) is 10.5. The molecule has 1 aromatic carbocycles. The van der Waals surface area contributed by atoms with E-state index in [1.807, 2.05) is 36.1 Å². The summed E-state index contributed by atoms with van der Waals surface area (Å²) >= 11 is 0. The number of hydrogen-bond acceptors (Lipinski definition) is 9. The van der Waals surface area contributed by atoms with Gasteiger partial charge < -0.3 is 28.6 Å². The molecule has 218 valence electrons. The number of methoxy groups -OCH3 is 1. The summed E-state index contributed by atoms with van der Waals surface area (Å²) in [7, 11) is 1.54. The number of fused-ring (bicyclic) bond motifs is 1. The van der Waals surface area contributed by atoms with E-state index in [4.69, 9.17) is 18.6 Å². The number of carbonyl (C=O) groups is 2. The molecule has 41 heavy (non-hydrogen) atoms. The third-order valence-corrected chi connectivity index (χ3v) is 7.80. The number of aliphatic carboxylic acids is 1. The number of aryl methyl sites for hydroxylation is 2. The molecule has 11 nitrogen and oxygen atoms in total. The Morgan fingerprint density at radius 1 is 1.24 bits per heavy atom. The smallest absolute Gasteiger partial charge is 0.308 e. The topological polar surface area (TPSA) is 127 Å². The molecule has 1 amide bonds. The lowest BCUT2D eigenvalue weighted by atomic mass is 9.83. The molecule has 4 heterocycles. The first-order valence-corrected chi connectivity index (χ1v) is 14.0. The van der Waals surface area contributed by atoms with Gasteiger partial charge in [0.25, 0.3) is 0 Å². The van der Waals surface area contributed by atoms with Crippen LogP contribution in [0.5, 0.6) is 17.2 Å². The predicted octanol–water partition coefficient (Wildman–Crippen LogP) is 4.05. The first-order valence-electron chi connectivity index (χ1n) is 14.0. The second-order valence-electron chi connectivity index (χ2n) is 10.4. The molecule has 2 aliphatic heterocycles. The third kappa shape index (κ3) is 6.14. The number of anilines is 1. The van der Waals surface area contributed by atoms with Crippen LogP contribution in [0.25, 0.3) is 0 Å². The van der Waals surface area contributed by atoms with Gasteiger partial charge in [-0.1, -0.05) is 13.3 Å². The van der Waals surface area contributed by atoms with Gasteiger partial charge in [-0.15, -0.1) is 0 Å². The monoisotopic (exact) mass is 564 g/mol. The number of pyridine rings is 1. The minimum Gasteiger partial charge on any atom is -0.493 e. The largest absolute Gasteiger partial charge is 0.493 e. The molecule has 3 aromatic rings. The van der Waals surface area contributed by atoms with E-state index in [1.54, 1.807) is 30.6 Å². The van der Waals surface area contributed by atoms with Crippen molar-refractivity contribution in [2.75, 3.05) is 38.4 Å². The number of rotatable bonds is 12. The van der Waals surface area contributed by atoms with E-state index < -0.39 is 23.8 Å². The van der Waals surface area contributed by atoms with Crippen LogP contribution in [-0.2, 0) is 16.0 Å². The van der Waals surface area contributed by atoms with Crippen LogP contribution in [0.1, 0.15) is 49.3 Å². The Labute approximate surface area is 239 Å². The van der Waals surface area contributed by atoms with Gasteiger partial charge in [0.2, 0.25) is 18.4 Å². The second-order valence-corrected chi connectivity index (χ2v) is 10.4. The van der Waals surface area contributed by atoms with Crippen molar-refractivity contribution in [1.82, 2.24) is 14.9 Å². The van der Waals surface area contributed by atoms with E-state index in [0.29, 0.717) is 54.8 Å². The highest BCUT2D eigenvalue weighted by atomic mass is 16.7. The van der Waals surface area contributed by atoms with Gasteiger partial charge in [-0.2, -0.15) is 0 Å². The van der Waals surface area contributed by atoms with E-state index >= 15 is 0 Å². The van der Waals surface area contributed by atoms with Crippen LogP contribution in [0.15, 0.2) is 47.3 Å².